The Hall–Kier alpha value is -1.80. The highest BCUT2D eigenvalue weighted by atomic mass is 79.9. The van der Waals surface area contributed by atoms with Gasteiger partial charge in [0.2, 0.25) is 5.78 Å². The van der Waals surface area contributed by atoms with Crippen LogP contribution in [0.4, 0.5) is 4.39 Å². The van der Waals surface area contributed by atoms with Gasteiger partial charge in [0.1, 0.15) is 16.1 Å². The third kappa shape index (κ3) is 3.76. The summed E-state index contributed by atoms with van der Waals surface area (Å²) in [5.74, 6) is -1.17. The van der Waals surface area contributed by atoms with E-state index < -0.39 is 11.6 Å². The lowest BCUT2D eigenvalue weighted by Gasteiger charge is -2.15. The predicted molar refractivity (Wildman–Crippen MR) is 92.4 cm³/mol. The molecule has 1 heterocycles. The van der Waals surface area contributed by atoms with Crippen LogP contribution in [0.5, 0.6) is 5.75 Å². The molecule has 1 aromatic rings. The van der Waals surface area contributed by atoms with Crippen LogP contribution in [0.1, 0.15) is 17.4 Å². The minimum Gasteiger partial charge on any atom is -0.504 e. The molecule has 5 nitrogen and oxygen atoms in total. The fraction of sp³-hybridized carbons (Fsp3) is 0.133. The lowest BCUT2D eigenvalue weighted by molar-refractivity contribution is 0.102. The number of allylic oxidation sites excluding steroid dienone is 6. The number of hydrogen-bond acceptors (Lipinski definition) is 5. The Morgan fingerprint density at radius 3 is 2.74 bits per heavy atom. The van der Waals surface area contributed by atoms with Crippen LogP contribution in [0.15, 0.2) is 50.5 Å². The summed E-state index contributed by atoms with van der Waals surface area (Å²) >= 11 is 6.20. The van der Waals surface area contributed by atoms with Crippen LogP contribution in [-0.4, -0.2) is 28.1 Å². The number of ketones is 1. The van der Waals surface area contributed by atoms with E-state index in [1.54, 1.807) is 6.92 Å². The topological polar surface area (TPSA) is 86.1 Å². The number of likely N-dealkylation sites (N-methyl/N-ethyl adjacent to an activating group) is 1. The molecule has 1 aliphatic rings. The van der Waals surface area contributed by atoms with E-state index >= 15 is 0 Å². The monoisotopic (exact) mass is 443 g/mol. The fourth-order valence-electron chi connectivity index (χ4n) is 1.92. The smallest absolute Gasteiger partial charge is 0.227 e. The Morgan fingerprint density at radius 1 is 1.43 bits per heavy atom. The maximum absolute atomic E-state index is 13.5. The average molecular weight is 445 g/mol. The molecule has 0 amide bonds. The molecule has 2 rings (SSSR count). The van der Waals surface area contributed by atoms with Gasteiger partial charge in [-0.15, -0.1) is 0 Å². The van der Waals surface area contributed by atoms with Crippen molar-refractivity contribution in [2.45, 2.75) is 6.92 Å². The molecule has 0 unspecified atom stereocenters. The number of aromatic hydroxyl groups is 1. The second-order valence-corrected chi connectivity index (χ2v) is 6.16. The normalized spacial score (nSPS) is 16.2. The number of nitrogens with one attached hydrogen (secondary N) is 2. The van der Waals surface area contributed by atoms with Crippen molar-refractivity contribution in [3.63, 3.8) is 0 Å². The lowest BCUT2D eigenvalue weighted by atomic mass is 9.99. The number of nitrogens with zero attached hydrogens (tertiary/aromatic N) is 1. The van der Waals surface area contributed by atoms with Crippen LogP contribution in [-0.2, 0) is 0 Å². The summed E-state index contributed by atoms with van der Waals surface area (Å²) in [6.07, 6.45) is 3.57. The van der Waals surface area contributed by atoms with Crippen LogP contribution in [0.25, 0.3) is 0 Å². The molecule has 120 valence electrons. The molecule has 0 radical (unpaired) electrons. The third-order valence-corrected chi connectivity index (χ3v) is 4.13. The molecular formula is C15H12Br2FN3O2. The number of hydrogen-bond donors (Lipinski definition) is 3. The van der Waals surface area contributed by atoms with E-state index in [2.05, 4.69) is 42.2 Å². The van der Waals surface area contributed by atoms with Crippen LogP contribution in [0, 0.1) is 5.41 Å². The highest BCUT2D eigenvalue weighted by molar-refractivity contribution is 9.11. The van der Waals surface area contributed by atoms with Crippen molar-refractivity contribution in [3.8, 4) is 5.75 Å². The first-order chi connectivity index (χ1) is 10.8. The quantitative estimate of drug-likeness (QED) is 0.374. The first kappa shape index (κ1) is 17.6. The molecule has 0 spiro atoms. The molecule has 0 bridgehead atoms. The predicted octanol–water partition coefficient (Wildman–Crippen LogP) is 3.80. The Bertz CT molecular complexity index is 762. The lowest BCUT2D eigenvalue weighted by Crippen LogP contribution is -2.25. The molecular weight excluding hydrogens is 433 g/mol. The van der Waals surface area contributed by atoms with E-state index in [0.29, 0.717) is 11.0 Å². The number of halogens is 3. The molecule has 0 saturated heterocycles. The summed E-state index contributed by atoms with van der Waals surface area (Å²) in [7, 11) is 0. The van der Waals surface area contributed by atoms with E-state index in [0.717, 1.165) is 12.2 Å². The van der Waals surface area contributed by atoms with Gasteiger partial charge in [-0.2, -0.15) is 0 Å². The van der Waals surface area contributed by atoms with E-state index in [-0.39, 0.29) is 33.0 Å². The largest absolute Gasteiger partial charge is 0.504 e. The van der Waals surface area contributed by atoms with Crippen LogP contribution < -0.4 is 5.32 Å². The standard InChI is InChI=1S/C15H12Br2FN3O2/c1-2-20-12(8-5-7(18)3-4-10(8)19)14(23)11-6-9(16)13(22)15(17)21-11/h3-6,19-20,22H,2H2,1H3/b12-8-,19-10?. The zero-order valence-corrected chi connectivity index (χ0v) is 15.1. The van der Waals surface area contributed by atoms with Gasteiger partial charge in [0.25, 0.3) is 0 Å². The van der Waals surface area contributed by atoms with Crippen molar-refractivity contribution >= 4 is 43.4 Å². The third-order valence-electron chi connectivity index (χ3n) is 2.97. The molecule has 0 fully saturated rings. The highest BCUT2D eigenvalue weighted by Crippen LogP contribution is 2.31. The molecule has 23 heavy (non-hydrogen) atoms. The second kappa shape index (κ2) is 7.18. The summed E-state index contributed by atoms with van der Waals surface area (Å²) < 4.78 is 13.9. The van der Waals surface area contributed by atoms with Gasteiger partial charge in [-0.3, -0.25) is 4.79 Å². The summed E-state index contributed by atoms with van der Waals surface area (Å²) in [6, 6.07) is 1.36. The Kier molecular flexibility index (Phi) is 5.48. The molecule has 8 heteroatoms. The maximum Gasteiger partial charge on any atom is 0.227 e. The van der Waals surface area contributed by atoms with Crippen LogP contribution in [0.3, 0.4) is 0 Å². The number of carbonyl (C=O) groups excluding carboxylic acids is 1. The highest BCUT2D eigenvalue weighted by Gasteiger charge is 2.22. The molecule has 0 aliphatic heterocycles. The van der Waals surface area contributed by atoms with Gasteiger partial charge in [0, 0.05) is 12.1 Å². The Morgan fingerprint density at radius 2 is 2.13 bits per heavy atom. The van der Waals surface area contributed by atoms with Crippen molar-refractivity contribution in [1.29, 1.82) is 5.41 Å². The molecule has 0 atom stereocenters. The van der Waals surface area contributed by atoms with Gasteiger partial charge in [-0.05, 0) is 63.1 Å². The summed E-state index contributed by atoms with van der Waals surface area (Å²) in [6.45, 7) is 2.20. The number of pyridine rings is 1. The van der Waals surface area contributed by atoms with Gasteiger partial charge < -0.3 is 15.8 Å². The number of aromatic nitrogens is 1. The van der Waals surface area contributed by atoms with Crippen molar-refractivity contribution < 1.29 is 14.3 Å². The van der Waals surface area contributed by atoms with Gasteiger partial charge >= 0.3 is 0 Å². The fourth-order valence-corrected chi connectivity index (χ4v) is 3.00. The molecule has 1 aliphatic carbocycles. The SMILES string of the molecule is CCN/C(C(=O)c1cc(Br)c(O)c(Br)n1)=C1/C=C(F)C=CC1=N. The van der Waals surface area contributed by atoms with E-state index in [4.69, 9.17) is 5.41 Å². The number of Topliss-reactive ketones (excluding diaryl/α,β-unsaturated/α-hetero) is 1. The van der Waals surface area contributed by atoms with Crippen LogP contribution in [0.2, 0.25) is 0 Å². The van der Waals surface area contributed by atoms with Crippen LogP contribution >= 0.6 is 31.9 Å². The van der Waals surface area contributed by atoms with Gasteiger partial charge in [-0.1, -0.05) is 0 Å². The molecule has 0 saturated carbocycles. The van der Waals surface area contributed by atoms with E-state index in [1.165, 1.54) is 12.1 Å². The van der Waals surface area contributed by atoms with Gasteiger partial charge in [-0.25, -0.2) is 9.37 Å². The van der Waals surface area contributed by atoms with Crippen molar-refractivity contribution in [1.82, 2.24) is 10.3 Å². The Labute approximate surface area is 148 Å². The van der Waals surface area contributed by atoms with E-state index in [9.17, 15) is 14.3 Å². The van der Waals surface area contributed by atoms with Gasteiger partial charge in [0.15, 0.2) is 5.75 Å². The minimum absolute atomic E-state index is 0.0209. The first-order valence-corrected chi connectivity index (χ1v) is 8.15. The summed E-state index contributed by atoms with van der Waals surface area (Å²) in [5.41, 5.74) is 0.293. The summed E-state index contributed by atoms with van der Waals surface area (Å²) in [5, 5.41) is 20.4. The van der Waals surface area contributed by atoms with E-state index in [1.807, 2.05) is 0 Å². The first-order valence-electron chi connectivity index (χ1n) is 6.57. The zero-order valence-electron chi connectivity index (χ0n) is 12.0. The van der Waals surface area contributed by atoms with Crippen molar-refractivity contribution in [2.24, 2.45) is 0 Å². The van der Waals surface area contributed by atoms with Gasteiger partial charge in [0.05, 0.1) is 15.9 Å². The van der Waals surface area contributed by atoms with Crippen molar-refractivity contribution in [3.05, 3.63) is 56.2 Å². The zero-order chi connectivity index (χ0) is 17.1. The molecule has 1 aromatic heterocycles. The Balaban J connectivity index is 2.57. The second-order valence-electron chi connectivity index (χ2n) is 4.55. The molecule has 3 N–H and O–H groups in total. The summed E-state index contributed by atoms with van der Waals surface area (Å²) in [4.78, 5) is 16.7. The molecule has 0 aromatic carbocycles. The minimum atomic E-state index is -0.541. The average Bonchev–Trinajstić information content (AvgIpc) is 2.51. The maximum atomic E-state index is 13.5. The van der Waals surface area contributed by atoms with Crippen molar-refractivity contribution in [2.75, 3.05) is 6.54 Å². The number of carbonyl (C=O) groups is 1. The number of rotatable bonds is 4.